The predicted octanol–water partition coefficient (Wildman–Crippen LogP) is 3.93. The summed E-state index contributed by atoms with van der Waals surface area (Å²) in [6.45, 7) is 4.85. The van der Waals surface area contributed by atoms with E-state index in [0.29, 0.717) is 4.90 Å². The Kier molecular flexibility index (Phi) is 6.31. The van der Waals surface area contributed by atoms with E-state index < -0.39 is 36.3 Å². The minimum absolute atomic E-state index is 0.0358. The largest absolute Gasteiger partial charge is 0.481 e. The van der Waals surface area contributed by atoms with Crippen LogP contribution in [0.4, 0.5) is 9.59 Å². The zero-order valence-electron chi connectivity index (χ0n) is 17.7. The molecule has 0 heterocycles. The van der Waals surface area contributed by atoms with Crippen LogP contribution in [0.15, 0.2) is 48.5 Å². The molecule has 164 valence electrons. The van der Waals surface area contributed by atoms with Crippen molar-refractivity contribution in [1.82, 2.24) is 4.90 Å². The van der Waals surface area contributed by atoms with Crippen molar-refractivity contribution in [2.45, 2.75) is 44.9 Å². The number of nitrogens with two attached hydrogens (primary N) is 1. The van der Waals surface area contributed by atoms with E-state index in [9.17, 15) is 14.4 Å². The molecule has 0 saturated carbocycles. The van der Waals surface area contributed by atoms with Gasteiger partial charge in [0.15, 0.2) is 0 Å². The van der Waals surface area contributed by atoms with Crippen molar-refractivity contribution in [2.24, 2.45) is 5.73 Å². The van der Waals surface area contributed by atoms with Crippen LogP contribution in [0.3, 0.4) is 0 Å². The van der Waals surface area contributed by atoms with Gasteiger partial charge in [-0.3, -0.25) is 4.79 Å². The van der Waals surface area contributed by atoms with Crippen molar-refractivity contribution in [3.05, 3.63) is 59.7 Å². The predicted molar refractivity (Wildman–Crippen MR) is 113 cm³/mol. The maximum atomic E-state index is 12.8. The highest BCUT2D eigenvalue weighted by Crippen LogP contribution is 2.44. The molecule has 3 N–H and O–H groups in total. The van der Waals surface area contributed by atoms with Gasteiger partial charge in [-0.25, -0.2) is 9.59 Å². The third kappa shape index (κ3) is 5.03. The van der Waals surface area contributed by atoms with Crippen molar-refractivity contribution in [2.75, 3.05) is 6.61 Å². The molecule has 0 aliphatic heterocycles. The Bertz CT molecular complexity index is 952. The minimum atomic E-state index is -1.43. The number of carbonyl (C=O) groups excluding carboxylic acids is 2. The van der Waals surface area contributed by atoms with Crippen LogP contribution in [0.25, 0.3) is 11.1 Å². The van der Waals surface area contributed by atoms with Gasteiger partial charge >= 0.3 is 18.2 Å². The first-order valence-electron chi connectivity index (χ1n) is 9.93. The van der Waals surface area contributed by atoms with Crippen LogP contribution < -0.4 is 5.73 Å². The molecule has 8 heteroatoms. The van der Waals surface area contributed by atoms with E-state index >= 15 is 0 Å². The van der Waals surface area contributed by atoms with Crippen LogP contribution in [-0.2, 0) is 14.3 Å². The lowest BCUT2D eigenvalue weighted by molar-refractivity contribution is -0.138. The summed E-state index contributed by atoms with van der Waals surface area (Å²) >= 11 is 0. The third-order valence-electron chi connectivity index (χ3n) is 4.84. The number of benzene rings is 2. The standard InChI is InChI=1S/C23H26N2O6/c1-23(2,3)31-22(29)25(19(24)12-20(26)27)21(28)30-13-18-16-10-6-4-8-14(16)15-9-5-7-11-17(15)18/h4-11,18-19H,12-13,24H2,1-3H3,(H,26,27)/t19-/m0/s1. The Morgan fingerprint density at radius 3 is 2.00 bits per heavy atom. The lowest BCUT2D eigenvalue weighted by Crippen LogP contribution is -2.52. The molecule has 2 aromatic rings. The second kappa shape index (κ2) is 8.77. The molecule has 0 aromatic heterocycles. The smallest absolute Gasteiger partial charge is 0.421 e. The molecule has 2 aromatic carbocycles. The van der Waals surface area contributed by atoms with E-state index in [-0.39, 0.29) is 12.5 Å². The second-order valence-corrected chi connectivity index (χ2v) is 8.32. The van der Waals surface area contributed by atoms with Gasteiger partial charge in [0.2, 0.25) is 0 Å². The topological polar surface area (TPSA) is 119 Å². The molecular formula is C23H26N2O6. The molecule has 31 heavy (non-hydrogen) atoms. The van der Waals surface area contributed by atoms with Gasteiger partial charge in [-0.05, 0) is 43.0 Å². The van der Waals surface area contributed by atoms with Gasteiger partial charge in [0.25, 0.3) is 0 Å². The number of hydrogen-bond donors (Lipinski definition) is 2. The Labute approximate surface area is 180 Å². The number of rotatable bonds is 5. The number of fused-ring (bicyclic) bond motifs is 3. The van der Waals surface area contributed by atoms with Crippen LogP contribution in [0, 0.1) is 0 Å². The number of nitrogens with zero attached hydrogens (tertiary/aromatic N) is 1. The van der Waals surface area contributed by atoms with Crippen LogP contribution >= 0.6 is 0 Å². The fourth-order valence-electron chi connectivity index (χ4n) is 3.59. The molecule has 8 nitrogen and oxygen atoms in total. The van der Waals surface area contributed by atoms with E-state index in [1.54, 1.807) is 20.8 Å². The van der Waals surface area contributed by atoms with Gasteiger partial charge in [0, 0.05) is 5.92 Å². The van der Waals surface area contributed by atoms with Gasteiger partial charge in [-0.1, -0.05) is 48.5 Å². The molecule has 0 saturated heterocycles. The monoisotopic (exact) mass is 426 g/mol. The summed E-state index contributed by atoms with van der Waals surface area (Å²) in [5, 5.41) is 9.04. The van der Waals surface area contributed by atoms with Crippen LogP contribution in [0.5, 0.6) is 0 Å². The number of aliphatic carboxylic acids is 1. The summed E-state index contributed by atoms with van der Waals surface area (Å²) in [4.78, 5) is 36.9. The first kappa shape index (κ1) is 22.3. The zero-order chi connectivity index (χ0) is 22.8. The number of carboxylic acids is 1. The van der Waals surface area contributed by atoms with Crippen LogP contribution in [-0.4, -0.2) is 46.5 Å². The molecule has 2 amide bonds. The fraction of sp³-hybridized carbons (Fsp3) is 0.348. The maximum absolute atomic E-state index is 12.8. The van der Waals surface area contributed by atoms with Crippen molar-refractivity contribution in [1.29, 1.82) is 0 Å². The quantitative estimate of drug-likeness (QED) is 0.695. The third-order valence-corrected chi connectivity index (χ3v) is 4.84. The van der Waals surface area contributed by atoms with Gasteiger partial charge in [-0.2, -0.15) is 4.90 Å². The molecule has 0 fully saturated rings. The first-order chi connectivity index (χ1) is 14.6. The Balaban J connectivity index is 1.81. The van der Waals surface area contributed by atoms with E-state index in [1.165, 1.54) is 0 Å². The Morgan fingerprint density at radius 2 is 1.52 bits per heavy atom. The highest BCUT2D eigenvalue weighted by Gasteiger charge is 2.36. The molecule has 1 atom stereocenters. The molecule has 0 radical (unpaired) electrons. The lowest BCUT2D eigenvalue weighted by atomic mass is 9.98. The molecule has 0 unspecified atom stereocenters. The minimum Gasteiger partial charge on any atom is -0.481 e. The van der Waals surface area contributed by atoms with Gasteiger partial charge < -0.3 is 20.3 Å². The van der Waals surface area contributed by atoms with E-state index in [1.807, 2.05) is 48.5 Å². The summed E-state index contributed by atoms with van der Waals surface area (Å²) in [5.74, 6) is -1.47. The van der Waals surface area contributed by atoms with Gasteiger partial charge in [0.05, 0.1) is 6.42 Å². The highest BCUT2D eigenvalue weighted by atomic mass is 16.6. The number of carbonyl (C=O) groups is 3. The SMILES string of the molecule is CC(C)(C)OC(=O)N(C(=O)OCC1c2ccccc2-c2ccccc21)[C@H](N)CC(=O)O. The summed E-state index contributed by atoms with van der Waals surface area (Å²) < 4.78 is 10.7. The Morgan fingerprint density at radius 1 is 1.00 bits per heavy atom. The normalized spacial score (nSPS) is 13.7. The molecule has 0 bridgehead atoms. The van der Waals surface area contributed by atoms with Crippen molar-refractivity contribution in [3.8, 4) is 11.1 Å². The number of ether oxygens (including phenoxy) is 2. The van der Waals surface area contributed by atoms with Gasteiger partial charge in [0.1, 0.15) is 18.4 Å². The number of amides is 2. The van der Waals surface area contributed by atoms with Crippen molar-refractivity contribution in [3.63, 3.8) is 0 Å². The molecule has 1 aliphatic carbocycles. The van der Waals surface area contributed by atoms with E-state index in [4.69, 9.17) is 20.3 Å². The van der Waals surface area contributed by atoms with Crippen molar-refractivity contribution >= 4 is 18.2 Å². The molecule has 3 rings (SSSR count). The van der Waals surface area contributed by atoms with Crippen LogP contribution in [0.1, 0.15) is 44.2 Å². The van der Waals surface area contributed by atoms with Gasteiger partial charge in [-0.15, -0.1) is 0 Å². The zero-order valence-corrected chi connectivity index (χ0v) is 17.7. The summed E-state index contributed by atoms with van der Waals surface area (Å²) in [6, 6.07) is 15.7. The first-order valence-corrected chi connectivity index (χ1v) is 9.93. The number of imide groups is 1. The number of hydrogen-bond acceptors (Lipinski definition) is 6. The molecule has 1 aliphatic rings. The van der Waals surface area contributed by atoms with Crippen LogP contribution in [0.2, 0.25) is 0 Å². The highest BCUT2D eigenvalue weighted by molar-refractivity contribution is 5.89. The summed E-state index contributed by atoms with van der Waals surface area (Å²) in [6.07, 6.45) is -4.17. The summed E-state index contributed by atoms with van der Waals surface area (Å²) in [7, 11) is 0. The Hall–Kier alpha value is -3.39. The number of carboxylic acid groups (broad SMARTS) is 1. The fourth-order valence-corrected chi connectivity index (χ4v) is 3.59. The van der Waals surface area contributed by atoms with Crippen molar-refractivity contribution < 1.29 is 29.0 Å². The second-order valence-electron chi connectivity index (χ2n) is 8.32. The molecule has 0 spiro atoms. The summed E-state index contributed by atoms with van der Waals surface area (Å²) in [5.41, 5.74) is 9.06. The average Bonchev–Trinajstić information content (AvgIpc) is 2.98. The average molecular weight is 426 g/mol. The molecular weight excluding hydrogens is 400 g/mol. The van der Waals surface area contributed by atoms with E-state index in [0.717, 1.165) is 22.3 Å². The van der Waals surface area contributed by atoms with E-state index in [2.05, 4.69) is 0 Å². The lowest BCUT2D eigenvalue weighted by Gasteiger charge is -2.29. The maximum Gasteiger partial charge on any atom is 0.421 e.